The molecule has 0 spiro atoms. The lowest BCUT2D eigenvalue weighted by Gasteiger charge is -2.21. The first-order valence-electron chi connectivity index (χ1n) is 7.04. The smallest absolute Gasteiger partial charge is 0.205 e. The Morgan fingerprint density at radius 2 is 2.05 bits per heavy atom. The van der Waals surface area contributed by atoms with Gasteiger partial charge in [-0.25, -0.2) is 4.98 Å². The van der Waals surface area contributed by atoms with E-state index in [4.69, 9.17) is 0 Å². The second-order valence-electron chi connectivity index (χ2n) is 5.04. The van der Waals surface area contributed by atoms with Crippen LogP contribution in [0.4, 0.5) is 0 Å². The maximum Gasteiger partial charge on any atom is 0.205 e. The number of ketones is 1. The number of hydrogen-bond acceptors (Lipinski definition) is 4. The molecule has 104 valence electrons. The largest absolute Gasteiger partial charge is 0.288 e. The summed E-state index contributed by atoms with van der Waals surface area (Å²) < 4.78 is 0. The van der Waals surface area contributed by atoms with E-state index in [1.165, 1.54) is 43.4 Å². The Morgan fingerprint density at radius 1 is 1.20 bits per heavy atom. The highest BCUT2D eigenvalue weighted by Crippen LogP contribution is 2.34. The summed E-state index contributed by atoms with van der Waals surface area (Å²) in [6.45, 7) is 0. The third-order valence-electron chi connectivity index (χ3n) is 3.59. The number of thiophene rings is 1. The van der Waals surface area contributed by atoms with Crippen LogP contribution in [0.25, 0.3) is 0 Å². The zero-order valence-electron chi connectivity index (χ0n) is 11.2. The Labute approximate surface area is 127 Å². The maximum atomic E-state index is 12.5. The molecular weight excluding hydrogens is 286 g/mol. The van der Waals surface area contributed by atoms with Crippen LogP contribution in [0, 0.1) is 0 Å². The molecule has 0 aromatic carbocycles. The van der Waals surface area contributed by atoms with Crippen LogP contribution >= 0.6 is 23.1 Å². The van der Waals surface area contributed by atoms with Crippen molar-refractivity contribution in [1.82, 2.24) is 4.98 Å². The van der Waals surface area contributed by atoms with Gasteiger partial charge in [0.05, 0.1) is 10.4 Å². The molecule has 1 aliphatic carbocycles. The second kappa shape index (κ2) is 6.55. The van der Waals surface area contributed by atoms with Crippen LogP contribution in [0.2, 0.25) is 0 Å². The molecule has 0 radical (unpaired) electrons. The van der Waals surface area contributed by atoms with E-state index in [9.17, 15) is 4.79 Å². The van der Waals surface area contributed by atoms with E-state index in [2.05, 4.69) is 4.98 Å². The van der Waals surface area contributed by atoms with Gasteiger partial charge < -0.3 is 0 Å². The summed E-state index contributed by atoms with van der Waals surface area (Å²) in [4.78, 5) is 17.8. The summed E-state index contributed by atoms with van der Waals surface area (Å²) in [6.07, 6.45) is 8.23. The number of rotatable bonds is 4. The van der Waals surface area contributed by atoms with Gasteiger partial charge in [-0.1, -0.05) is 25.3 Å². The Bertz CT molecular complexity index is 574. The number of carbonyl (C=O) groups excluding carboxylic acids is 1. The molecule has 20 heavy (non-hydrogen) atoms. The summed E-state index contributed by atoms with van der Waals surface area (Å²) >= 11 is 3.28. The molecule has 0 aliphatic heterocycles. The van der Waals surface area contributed by atoms with Gasteiger partial charge in [0.15, 0.2) is 0 Å². The normalized spacial score (nSPS) is 16.2. The van der Waals surface area contributed by atoms with Crippen molar-refractivity contribution in [3.8, 4) is 0 Å². The first-order chi connectivity index (χ1) is 9.84. The maximum absolute atomic E-state index is 12.5. The number of aromatic nitrogens is 1. The van der Waals surface area contributed by atoms with E-state index in [1.54, 1.807) is 18.0 Å². The molecule has 1 saturated carbocycles. The number of carbonyl (C=O) groups is 1. The van der Waals surface area contributed by atoms with Crippen molar-refractivity contribution in [2.45, 2.75) is 42.4 Å². The average molecular weight is 303 g/mol. The van der Waals surface area contributed by atoms with Crippen molar-refractivity contribution in [3.05, 3.63) is 46.3 Å². The molecule has 3 rings (SSSR count). The predicted octanol–water partition coefficient (Wildman–Crippen LogP) is 4.80. The monoisotopic (exact) mass is 303 g/mol. The Kier molecular flexibility index (Phi) is 4.53. The molecule has 2 aromatic heterocycles. The summed E-state index contributed by atoms with van der Waals surface area (Å²) in [7, 11) is 0. The second-order valence-corrected chi connectivity index (χ2v) is 7.28. The molecule has 0 atom stereocenters. The summed E-state index contributed by atoms with van der Waals surface area (Å²) in [5, 5.41) is 3.46. The molecule has 1 fully saturated rings. The minimum absolute atomic E-state index is 0.103. The van der Waals surface area contributed by atoms with E-state index in [1.807, 2.05) is 29.6 Å². The highest BCUT2D eigenvalue weighted by atomic mass is 32.2. The standard InChI is InChI=1S/C16H17NOS2/c18-15(14-9-5-11-19-14)13-8-4-10-17-16(13)20-12-6-2-1-3-7-12/h4-5,8-12H,1-3,6-7H2. The van der Waals surface area contributed by atoms with Crippen LogP contribution in [0.1, 0.15) is 47.3 Å². The molecule has 2 heterocycles. The molecule has 0 saturated heterocycles. The molecular formula is C16H17NOS2. The van der Waals surface area contributed by atoms with Gasteiger partial charge in [0.25, 0.3) is 0 Å². The Hall–Kier alpha value is -1.13. The predicted molar refractivity (Wildman–Crippen MR) is 84.7 cm³/mol. The average Bonchev–Trinajstić information content (AvgIpc) is 3.02. The molecule has 0 unspecified atom stereocenters. The van der Waals surface area contributed by atoms with E-state index in [-0.39, 0.29) is 5.78 Å². The first-order valence-corrected chi connectivity index (χ1v) is 8.80. The van der Waals surface area contributed by atoms with Gasteiger partial charge in [-0.15, -0.1) is 23.1 Å². The van der Waals surface area contributed by atoms with Crippen LogP contribution < -0.4 is 0 Å². The van der Waals surface area contributed by atoms with E-state index in [0.29, 0.717) is 5.25 Å². The number of thioether (sulfide) groups is 1. The van der Waals surface area contributed by atoms with Gasteiger partial charge in [0.2, 0.25) is 5.78 Å². The zero-order chi connectivity index (χ0) is 13.8. The third kappa shape index (κ3) is 3.13. The van der Waals surface area contributed by atoms with Crippen molar-refractivity contribution in [3.63, 3.8) is 0 Å². The van der Waals surface area contributed by atoms with Crippen LogP contribution in [0.5, 0.6) is 0 Å². The highest BCUT2D eigenvalue weighted by molar-refractivity contribution is 7.99. The first kappa shape index (κ1) is 13.8. The van der Waals surface area contributed by atoms with E-state index < -0.39 is 0 Å². The van der Waals surface area contributed by atoms with Gasteiger partial charge in [0.1, 0.15) is 5.03 Å². The SMILES string of the molecule is O=C(c1cccs1)c1cccnc1SC1CCCCC1. The number of pyridine rings is 1. The van der Waals surface area contributed by atoms with Crippen molar-refractivity contribution in [2.75, 3.05) is 0 Å². The van der Waals surface area contributed by atoms with Gasteiger partial charge in [-0.3, -0.25) is 4.79 Å². The quantitative estimate of drug-likeness (QED) is 0.760. The Morgan fingerprint density at radius 3 is 2.80 bits per heavy atom. The van der Waals surface area contributed by atoms with Gasteiger partial charge in [-0.2, -0.15) is 0 Å². The Balaban J connectivity index is 1.82. The zero-order valence-corrected chi connectivity index (χ0v) is 12.9. The van der Waals surface area contributed by atoms with E-state index in [0.717, 1.165) is 15.5 Å². The third-order valence-corrected chi connectivity index (χ3v) is 5.81. The minimum Gasteiger partial charge on any atom is -0.288 e. The summed E-state index contributed by atoms with van der Waals surface area (Å²) in [6, 6.07) is 7.56. The lowest BCUT2D eigenvalue weighted by Crippen LogP contribution is -2.10. The fourth-order valence-electron chi connectivity index (χ4n) is 2.54. The van der Waals surface area contributed by atoms with E-state index >= 15 is 0 Å². The molecule has 0 N–H and O–H groups in total. The lowest BCUT2D eigenvalue weighted by molar-refractivity contribution is 0.103. The number of nitrogens with zero attached hydrogens (tertiary/aromatic N) is 1. The molecule has 4 heteroatoms. The van der Waals surface area contributed by atoms with Gasteiger partial charge >= 0.3 is 0 Å². The van der Waals surface area contributed by atoms with Crippen LogP contribution in [0.3, 0.4) is 0 Å². The molecule has 2 nitrogen and oxygen atoms in total. The number of hydrogen-bond donors (Lipinski definition) is 0. The lowest BCUT2D eigenvalue weighted by atomic mass is 10.0. The van der Waals surface area contributed by atoms with Crippen molar-refractivity contribution in [1.29, 1.82) is 0 Å². The van der Waals surface area contributed by atoms with Crippen molar-refractivity contribution >= 4 is 28.9 Å². The van der Waals surface area contributed by atoms with Crippen LogP contribution in [-0.2, 0) is 0 Å². The molecule has 0 bridgehead atoms. The van der Waals surface area contributed by atoms with Crippen molar-refractivity contribution < 1.29 is 4.79 Å². The summed E-state index contributed by atoms with van der Waals surface area (Å²) in [5.41, 5.74) is 0.755. The topological polar surface area (TPSA) is 30.0 Å². The van der Waals surface area contributed by atoms with Gasteiger partial charge in [0, 0.05) is 11.4 Å². The molecule has 1 aliphatic rings. The van der Waals surface area contributed by atoms with Crippen LogP contribution in [0.15, 0.2) is 40.9 Å². The van der Waals surface area contributed by atoms with Crippen LogP contribution in [-0.4, -0.2) is 16.0 Å². The van der Waals surface area contributed by atoms with Gasteiger partial charge in [-0.05, 0) is 36.4 Å². The minimum atomic E-state index is 0.103. The molecule has 2 aromatic rings. The molecule has 0 amide bonds. The fraction of sp³-hybridized carbons (Fsp3) is 0.375. The fourth-order valence-corrected chi connectivity index (χ4v) is 4.51. The summed E-state index contributed by atoms with van der Waals surface area (Å²) in [5.74, 6) is 0.103. The van der Waals surface area contributed by atoms with Crippen molar-refractivity contribution in [2.24, 2.45) is 0 Å². The highest BCUT2D eigenvalue weighted by Gasteiger charge is 2.20.